The molecule has 0 bridgehead atoms. The van der Waals surface area contributed by atoms with E-state index in [0.717, 1.165) is 0 Å². The average Bonchev–Trinajstić information content (AvgIpc) is 2.27. The molecule has 108 valence electrons. The first-order valence-electron chi connectivity index (χ1n) is 5.75. The molecule has 0 aromatic heterocycles. The molecular weight excluding hydrogens is 277 g/mol. The van der Waals surface area contributed by atoms with Gasteiger partial charge < -0.3 is 4.74 Å². The Hall–Kier alpha value is -0.920. The number of hydrogen-bond acceptors (Lipinski definition) is 4. The minimum absolute atomic E-state index is 0.218. The summed E-state index contributed by atoms with van der Waals surface area (Å²) >= 11 is 1.67. The molecule has 0 saturated carbocycles. The molecule has 19 heavy (non-hydrogen) atoms. The average molecular weight is 294 g/mol. The van der Waals surface area contributed by atoms with E-state index in [1.165, 1.54) is 18.2 Å². The number of thioether (sulfide) groups is 1. The van der Waals surface area contributed by atoms with Gasteiger partial charge in [0, 0.05) is 5.75 Å². The van der Waals surface area contributed by atoms with Crippen LogP contribution in [0.3, 0.4) is 0 Å². The van der Waals surface area contributed by atoms with Gasteiger partial charge in [-0.1, -0.05) is 26.0 Å². The van der Waals surface area contributed by atoms with Crippen molar-refractivity contribution in [1.82, 2.24) is 5.43 Å². The van der Waals surface area contributed by atoms with E-state index in [-0.39, 0.29) is 11.8 Å². The molecule has 0 fully saturated rings. The van der Waals surface area contributed by atoms with E-state index in [4.69, 9.17) is 5.84 Å². The van der Waals surface area contributed by atoms with Crippen LogP contribution in [0.2, 0.25) is 0 Å². The van der Waals surface area contributed by atoms with Crippen LogP contribution < -0.4 is 16.0 Å². The summed E-state index contributed by atoms with van der Waals surface area (Å²) in [6, 6.07) is 5.62. The van der Waals surface area contributed by atoms with Gasteiger partial charge in [-0.15, -0.1) is 13.2 Å². The number of alkyl halides is 3. The second-order valence-electron chi connectivity index (χ2n) is 4.22. The summed E-state index contributed by atoms with van der Waals surface area (Å²) in [6.07, 6.45) is -4.68. The number of nitrogens with two attached hydrogens (primary N) is 1. The maximum absolute atomic E-state index is 12.1. The molecule has 1 unspecified atom stereocenters. The van der Waals surface area contributed by atoms with E-state index in [0.29, 0.717) is 16.6 Å². The van der Waals surface area contributed by atoms with E-state index >= 15 is 0 Å². The molecule has 0 aliphatic carbocycles. The van der Waals surface area contributed by atoms with Crippen LogP contribution in [-0.2, 0) is 0 Å². The van der Waals surface area contributed by atoms with E-state index in [1.807, 2.05) is 13.8 Å². The van der Waals surface area contributed by atoms with Crippen LogP contribution in [0.15, 0.2) is 24.3 Å². The van der Waals surface area contributed by atoms with Crippen molar-refractivity contribution in [2.24, 2.45) is 5.84 Å². The zero-order chi connectivity index (χ0) is 14.5. The van der Waals surface area contributed by atoms with Gasteiger partial charge in [-0.3, -0.25) is 11.3 Å². The summed E-state index contributed by atoms with van der Waals surface area (Å²) in [4.78, 5) is 0. The van der Waals surface area contributed by atoms with Crippen LogP contribution in [0.5, 0.6) is 5.75 Å². The Bertz CT molecular complexity index is 399. The fourth-order valence-electron chi connectivity index (χ4n) is 1.46. The Kier molecular flexibility index (Phi) is 5.96. The Morgan fingerprint density at radius 3 is 2.58 bits per heavy atom. The summed E-state index contributed by atoms with van der Waals surface area (Å²) in [6.45, 7) is 4.09. The van der Waals surface area contributed by atoms with Crippen LogP contribution in [0.1, 0.15) is 25.5 Å². The van der Waals surface area contributed by atoms with Gasteiger partial charge in [0.05, 0.1) is 6.04 Å². The molecule has 1 aromatic rings. The molecule has 3 N–H and O–H groups in total. The second kappa shape index (κ2) is 7.02. The highest BCUT2D eigenvalue weighted by atomic mass is 32.2. The topological polar surface area (TPSA) is 47.3 Å². The third kappa shape index (κ3) is 6.17. The Morgan fingerprint density at radius 2 is 2.05 bits per heavy atom. The number of rotatable bonds is 6. The third-order valence-electron chi connectivity index (χ3n) is 2.29. The first-order valence-corrected chi connectivity index (χ1v) is 6.80. The molecule has 0 aliphatic heterocycles. The zero-order valence-corrected chi connectivity index (χ0v) is 11.5. The smallest absolute Gasteiger partial charge is 0.406 e. The van der Waals surface area contributed by atoms with E-state index in [1.54, 1.807) is 17.8 Å². The van der Waals surface area contributed by atoms with E-state index < -0.39 is 6.36 Å². The quantitative estimate of drug-likeness (QED) is 0.624. The number of hydrazine groups is 1. The van der Waals surface area contributed by atoms with Crippen molar-refractivity contribution in [3.05, 3.63) is 29.8 Å². The number of ether oxygens (including phenoxy) is 1. The standard InChI is InChI=1S/C12H17F3N2OS/c1-8(2)19-7-11(17-16)9-4-3-5-10(6-9)18-12(13,14)15/h3-6,8,11,17H,7,16H2,1-2H3. The highest BCUT2D eigenvalue weighted by Crippen LogP contribution is 2.27. The van der Waals surface area contributed by atoms with Crippen LogP contribution in [0, 0.1) is 0 Å². The van der Waals surface area contributed by atoms with E-state index in [2.05, 4.69) is 10.2 Å². The maximum atomic E-state index is 12.1. The lowest BCUT2D eigenvalue weighted by atomic mass is 10.1. The van der Waals surface area contributed by atoms with Gasteiger partial charge in [-0.2, -0.15) is 11.8 Å². The van der Waals surface area contributed by atoms with Crippen LogP contribution in [-0.4, -0.2) is 17.4 Å². The highest BCUT2D eigenvalue weighted by molar-refractivity contribution is 7.99. The van der Waals surface area contributed by atoms with Crippen molar-refractivity contribution in [1.29, 1.82) is 0 Å². The Labute approximate surface area is 114 Å². The molecule has 1 atom stereocenters. The van der Waals surface area contributed by atoms with Gasteiger partial charge in [0.15, 0.2) is 0 Å². The largest absolute Gasteiger partial charge is 0.573 e. The number of nitrogens with one attached hydrogen (secondary N) is 1. The predicted molar refractivity (Wildman–Crippen MR) is 70.8 cm³/mol. The van der Waals surface area contributed by atoms with Crippen molar-refractivity contribution < 1.29 is 17.9 Å². The van der Waals surface area contributed by atoms with Gasteiger partial charge in [-0.25, -0.2) is 0 Å². The van der Waals surface area contributed by atoms with Crippen LogP contribution in [0.25, 0.3) is 0 Å². The van der Waals surface area contributed by atoms with Crippen LogP contribution >= 0.6 is 11.8 Å². The lowest BCUT2D eigenvalue weighted by Gasteiger charge is -2.18. The first kappa shape index (κ1) is 16.1. The summed E-state index contributed by atoms with van der Waals surface area (Å²) in [7, 11) is 0. The molecule has 0 spiro atoms. The van der Waals surface area contributed by atoms with Crippen molar-refractivity contribution >= 4 is 11.8 Å². The molecule has 1 rings (SSSR count). The number of hydrogen-bond donors (Lipinski definition) is 2. The summed E-state index contributed by atoms with van der Waals surface area (Å²) in [5.74, 6) is 5.88. The van der Waals surface area contributed by atoms with Gasteiger partial charge in [-0.05, 0) is 22.9 Å². The predicted octanol–water partition coefficient (Wildman–Crippen LogP) is 3.23. The second-order valence-corrected chi connectivity index (χ2v) is 5.83. The molecule has 0 aliphatic rings. The molecule has 0 amide bonds. The molecule has 7 heteroatoms. The summed E-state index contributed by atoms with van der Waals surface area (Å²) in [5, 5.41) is 0.422. The minimum atomic E-state index is -4.68. The molecule has 3 nitrogen and oxygen atoms in total. The fraction of sp³-hybridized carbons (Fsp3) is 0.500. The lowest BCUT2D eigenvalue weighted by molar-refractivity contribution is -0.274. The number of benzene rings is 1. The third-order valence-corrected chi connectivity index (χ3v) is 3.48. The summed E-state index contributed by atoms with van der Waals surface area (Å²) < 4.78 is 40.3. The number of halogens is 3. The highest BCUT2D eigenvalue weighted by Gasteiger charge is 2.31. The van der Waals surface area contributed by atoms with Crippen molar-refractivity contribution in [3.8, 4) is 5.75 Å². The summed E-state index contributed by atoms with van der Waals surface area (Å²) in [5.41, 5.74) is 3.27. The van der Waals surface area contributed by atoms with E-state index in [9.17, 15) is 13.2 Å². The SMILES string of the molecule is CC(C)SCC(NN)c1cccc(OC(F)(F)F)c1. The van der Waals surface area contributed by atoms with Crippen molar-refractivity contribution in [2.45, 2.75) is 31.5 Å². The molecular formula is C12H17F3N2OS. The van der Waals surface area contributed by atoms with Gasteiger partial charge in [0.25, 0.3) is 0 Å². The molecule has 1 aromatic carbocycles. The van der Waals surface area contributed by atoms with Gasteiger partial charge in [0.2, 0.25) is 0 Å². The van der Waals surface area contributed by atoms with Crippen molar-refractivity contribution in [2.75, 3.05) is 5.75 Å². The molecule has 0 radical (unpaired) electrons. The van der Waals surface area contributed by atoms with Gasteiger partial charge in [0.1, 0.15) is 5.75 Å². The minimum Gasteiger partial charge on any atom is -0.406 e. The lowest BCUT2D eigenvalue weighted by Crippen LogP contribution is -2.30. The molecule has 0 heterocycles. The monoisotopic (exact) mass is 294 g/mol. The normalized spacial score (nSPS) is 13.6. The Balaban J connectivity index is 2.78. The molecule has 0 saturated heterocycles. The Morgan fingerprint density at radius 1 is 1.37 bits per heavy atom. The first-order chi connectivity index (χ1) is 8.81. The van der Waals surface area contributed by atoms with Crippen LogP contribution in [0.4, 0.5) is 13.2 Å². The zero-order valence-electron chi connectivity index (χ0n) is 10.7. The fourth-order valence-corrected chi connectivity index (χ4v) is 2.32. The van der Waals surface area contributed by atoms with Gasteiger partial charge >= 0.3 is 6.36 Å². The maximum Gasteiger partial charge on any atom is 0.573 e. The van der Waals surface area contributed by atoms with Crippen molar-refractivity contribution in [3.63, 3.8) is 0 Å².